The minimum Gasteiger partial charge on any atom is -0.505 e. The predicted molar refractivity (Wildman–Crippen MR) is 146 cm³/mol. The number of fused-ring (bicyclic) bond motifs is 1. The number of halogens is 1. The highest BCUT2D eigenvalue weighted by Crippen LogP contribution is 2.47. The molecule has 8 heteroatoms. The van der Waals surface area contributed by atoms with E-state index in [0.717, 1.165) is 24.0 Å². The zero-order valence-electron chi connectivity index (χ0n) is 22.3. The predicted octanol–water partition coefficient (Wildman–Crippen LogP) is 4.62. The molecule has 208 valence electrons. The summed E-state index contributed by atoms with van der Waals surface area (Å²) in [6, 6.07) is 13.0. The zero-order chi connectivity index (χ0) is 28.1. The van der Waals surface area contributed by atoms with Crippen molar-refractivity contribution in [2.75, 3.05) is 25.2 Å². The molecule has 2 aromatic rings. The number of rotatable bonds is 11. The summed E-state index contributed by atoms with van der Waals surface area (Å²) in [5, 5.41) is 31.4. The number of phenols is 1. The molecule has 1 fully saturated rings. The number of carbonyl (C=O) groups excluding carboxylic acids is 2. The van der Waals surface area contributed by atoms with Crippen molar-refractivity contribution in [3.8, 4) is 5.75 Å². The number of hydrogen-bond acceptors (Lipinski definition) is 6. The molecule has 1 aliphatic carbocycles. The summed E-state index contributed by atoms with van der Waals surface area (Å²) >= 11 is 0. The van der Waals surface area contributed by atoms with E-state index >= 15 is 0 Å². The molecule has 4 atom stereocenters. The number of nitrogens with zero attached hydrogens (tertiary/aromatic N) is 1. The largest absolute Gasteiger partial charge is 0.505 e. The van der Waals surface area contributed by atoms with Crippen LogP contribution in [0.3, 0.4) is 0 Å². The normalized spacial score (nSPS) is 22.4. The molecule has 0 unspecified atom stereocenters. The highest BCUT2D eigenvalue weighted by Gasteiger charge is 2.55. The van der Waals surface area contributed by atoms with Crippen LogP contribution in [0, 0.1) is 23.6 Å². The molecule has 0 bridgehead atoms. The number of benzene rings is 2. The number of aliphatic hydroxyl groups is 2. The maximum absolute atomic E-state index is 13.9. The maximum atomic E-state index is 13.9. The summed E-state index contributed by atoms with van der Waals surface area (Å²) in [6.07, 6.45) is 3.62. The third kappa shape index (κ3) is 5.98. The van der Waals surface area contributed by atoms with Gasteiger partial charge in [0, 0.05) is 13.0 Å². The van der Waals surface area contributed by atoms with Crippen LogP contribution < -0.4 is 4.90 Å². The Labute approximate surface area is 228 Å². The van der Waals surface area contributed by atoms with Crippen molar-refractivity contribution >= 4 is 23.6 Å². The van der Waals surface area contributed by atoms with Gasteiger partial charge in [-0.25, -0.2) is 4.39 Å². The topological polar surface area (TPSA) is 107 Å². The number of allylic oxidation sites excluding steroid dienone is 1. The molecule has 2 amide bonds. The van der Waals surface area contributed by atoms with E-state index in [0.29, 0.717) is 29.7 Å². The highest BCUT2D eigenvalue weighted by atomic mass is 19.1. The average Bonchev–Trinajstić information content (AvgIpc) is 3.18. The fourth-order valence-corrected chi connectivity index (χ4v) is 6.01. The first-order valence-corrected chi connectivity index (χ1v) is 13.4. The van der Waals surface area contributed by atoms with Gasteiger partial charge in [0.15, 0.2) is 11.6 Å². The molecule has 1 saturated heterocycles. The molecule has 0 aromatic heterocycles. The van der Waals surface area contributed by atoms with Crippen LogP contribution >= 0.6 is 0 Å². The molecule has 0 radical (unpaired) electrons. The standard InChI is InChI=1S/C31H36FNO6/c1-3-7-19(14-20-11-12-26(35)25(32)15-20)10-13-27(36)28-21(18-39-2)16-23-29(24(28)17-34)31(38)33(30(23)37)22-8-5-4-6-9-22/h4-6,8-9,11-12,14-15,23-24,27,29,34-36H,3,7,10,13,16-18H2,1-2H3/b19-14+/t23-,24+,27-,29-/m1/s1. The first kappa shape index (κ1) is 28.7. The lowest BCUT2D eigenvalue weighted by molar-refractivity contribution is -0.123. The lowest BCUT2D eigenvalue weighted by Crippen LogP contribution is -2.39. The van der Waals surface area contributed by atoms with Crippen LogP contribution in [0.2, 0.25) is 0 Å². The molecular formula is C31H36FNO6. The van der Waals surface area contributed by atoms with Crippen molar-refractivity contribution in [3.63, 3.8) is 0 Å². The molecule has 4 rings (SSSR count). The van der Waals surface area contributed by atoms with E-state index in [1.165, 1.54) is 24.1 Å². The van der Waals surface area contributed by atoms with E-state index in [-0.39, 0.29) is 31.4 Å². The lowest BCUT2D eigenvalue weighted by atomic mass is 9.68. The molecule has 0 spiro atoms. The lowest BCUT2D eigenvalue weighted by Gasteiger charge is -2.36. The van der Waals surface area contributed by atoms with Gasteiger partial charge in [-0.3, -0.25) is 14.5 Å². The smallest absolute Gasteiger partial charge is 0.238 e. The van der Waals surface area contributed by atoms with Gasteiger partial charge in [0.05, 0.1) is 36.8 Å². The minimum absolute atomic E-state index is 0.184. The number of imide groups is 1. The monoisotopic (exact) mass is 537 g/mol. The van der Waals surface area contributed by atoms with E-state index in [1.54, 1.807) is 30.3 Å². The quantitative estimate of drug-likeness (QED) is 0.285. The number of amides is 2. The van der Waals surface area contributed by atoms with E-state index in [4.69, 9.17) is 4.74 Å². The zero-order valence-corrected chi connectivity index (χ0v) is 22.3. The number of phenolic OH excluding ortho intramolecular Hbond substituents is 1. The number of carbonyl (C=O) groups is 2. The van der Waals surface area contributed by atoms with Gasteiger partial charge in [-0.1, -0.05) is 49.3 Å². The number of methoxy groups -OCH3 is 1. The summed E-state index contributed by atoms with van der Waals surface area (Å²) in [5.41, 5.74) is 3.43. The number of aliphatic hydroxyl groups excluding tert-OH is 2. The molecule has 2 aromatic carbocycles. The van der Waals surface area contributed by atoms with Crippen molar-refractivity contribution in [1.29, 1.82) is 0 Å². The van der Waals surface area contributed by atoms with Crippen LogP contribution in [0.4, 0.5) is 10.1 Å². The maximum Gasteiger partial charge on any atom is 0.238 e. The third-order valence-electron chi connectivity index (χ3n) is 7.73. The second kappa shape index (κ2) is 12.7. The Morgan fingerprint density at radius 3 is 2.54 bits per heavy atom. The molecule has 3 N–H and O–H groups in total. The second-order valence-corrected chi connectivity index (χ2v) is 10.3. The summed E-state index contributed by atoms with van der Waals surface area (Å²) in [4.78, 5) is 28.2. The molecular weight excluding hydrogens is 501 g/mol. The average molecular weight is 538 g/mol. The van der Waals surface area contributed by atoms with Gasteiger partial charge < -0.3 is 20.1 Å². The van der Waals surface area contributed by atoms with Crippen molar-refractivity contribution in [1.82, 2.24) is 0 Å². The number of aromatic hydroxyl groups is 1. The van der Waals surface area contributed by atoms with Crippen molar-refractivity contribution in [2.24, 2.45) is 17.8 Å². The molecule has 1 heterocycles. The van der Waals surface area contributed by atoms with Gasteiger partial charge >= 0.3 is 0 Å². The Balaban J connectivity index is 1.60. The number of anilines is 1. The van der Waals surface area contributed by atoms with E-state index < -0.39 is 35.4 Å². The van der Waals surface area contributed by atoms with Gasteiger partial charge in [-0.05, 0) is 66.7 Å². The number of para-hydroxylation sites is 1. The van der Waals surface area contributed by atoms with Gasteiger partial charge in [0.25, 0.3) is 0 Å². The summed E-state index contributed by atoms with van der Waals surface area (Å²) < 4.78 is 19.3. The van der Waals surface area contributed by atoms with Crippen LogP contribution in [0.1, 0.15) is 44.6 Å². The van der Waals surface area contributed by atoms with Gasteiger partial charge in [0.1, 0.15) is 0 Å². The Hall–Kier alpha value is -3.33. The molecule has 2 aliphatic rings. The SMILES string of the molecule is CCC/C(=C\c1ccc(O)c(F)c1)CC[C@@H](O)C1=C(COC)C[C@H]2C(=O)N(c3ccccc3)C(=O)[C@H]2[C@H]1CO. The van der Waals surface area contributed by atoms with Crippen LogP contribution in [-0.2, 0) is 14.3 Å². The molecule has 1 aliphatic heterocycles. The minimum atomic E-state index is -0.960. The van der Waals surface area contributed by atoms with Crippen LogP contribution in [0.5, 0.6) is 5.75 Å². The Morgan fingerprint density at radius 1 is 1.15 bits per heavy atom. The van der Waals surface area contributed by atoms with Crippen LogP contribution in [0.15, 0.2) is 65.3 Å². The fraction of sp³-hybridized carbons (Fsp3) is 0.419. The van der Waals surface area contributed by atoms with E-state index in [9.17, 15) is 29.3 Å². The molecule has 7 nitrogen and oxygen atoms in total. The first-order valence-electron chi connectivity index (χ1n) is 13.4. The van der Waals surface area contributed by atoms with Crippen molar-refractivity contribution < 1.29 is 34.0 Å². The fourth-order valence-electron chi connectivity index (χ4n) is 6.01. The van der Waals surface area contributed by atoms with Gasteiger partial charge in [-0.15, -0.1) is 0 Å². The third-order valence-corrected chi connectivity index (χ3v) is 7.73. The van der Waals surface area contributed by atoms with Crippen molar-refractivity contribution in [2.45, 2.75) is 45.1 Å². The highest BCUT2D eigenvalue weighted by molar-refractivity contribution is 6.22. The number of ether oxygens (including phenoxy) is 1. The second-order valence-electron chi connectivity index (χ2n) is 10.3. The summed E-state index contributed by atoms with van der Waals surface area (Å²) in [7, 11) is 1.54. The van der Waals surface area contributed by atoms with Crippen molar-refractivity contribution in [3.05, 3.63) is 76.6 Å². The molecule has 39 heavy (non-hydrogen) atoms. The first-order chi connectivity index (χ1) is 18.8. The number of hydrogen-bond donors (Lipinski definition) is 3. The van der Waals surface area contributed by atoms with Crippen LogP contribution in [0.25, 0.3) is 6.08 Å². The van der Waals surface area contributed by atoms with E-state index in [2.05, 4.69) is 0 Å². The van der Waals surface area contributed by atoms with E-state index in [1.807, 2.05) is 19.1 Å². The van der Waals surface area contributed by atoms with Gasteiger partial charge in [-0.2, -0.15) is 0 Å². The Bertz CT molecular complexity index is 1260. The van der Waals surface area contributed by atoms with Crippen LogP contribution in [-0.4, -0.2) is 53.6 Å². The molecule has 0 saturated carbocycles. The summed E-state index contributed by atoms with van der Waals surface area (Å²) in [5.74, 6) is -3.87. The van der Waals surface area contributed by atoms with Gasteiger partial charge in [0.2, 0.25) is 11.8 Å². The summed E-state index contributed by atoms with van der Waals surface area (Å²) in [6.45, 7) is 1.83. The Morgan fingerprint density at radius 2 is 1.90 bits per heavy atom. The Kier molecular flexibility index (Phi) is 9.32.